The average molecular weight is 293 g/mol. The van der Waals surface area contributed by atoms with E-state index in [0.717, 1.165) is 13.1 Å². The zero-order valence-corrected chi connectivity index (χ0v) is 11.1. The Hall–Kier alpha value is -1.99. The first-order chi connectivity index (χ1) is 9.40. The van der Waals surface area contributed by atoms with Crippen molar-refractivity contribution in [2.24, 2.45) is 5.92 Å². The van der Waals surface area contributed by atoms with Gasteiger partial charge in [0.1, 0.15) is 0 Å². The average Bonchev–Trinajstić information content (AvgIpc) is 2.45. The summed E-state index contributed by atoms with van der Waals surface area (Å²) in [5, 5.41) is 0. The lowest BCUT2D eigenvalue weighted by Crippen LogP contribution is -2.26. The molecule has 0 aliphatic carbocycles. The molecule has 112 valence electrons. The van der Waals surface area contributed by atoms with Gasteiger partial charge in [0.05, 0.1) is 26.3 Å². The number of nitrogens with zero attached hydrogens (tertiary/aromatic N) is 1. The number of carbonyl (C=O) groups excluding carboxylic acids is 1. The Morgan fingerprint density at radius 3 is 2.40 bits per heavy atom. The molecular formula is C12H14F3NO4. The number of aromatic nitrogens is 1. The van der Waals surface area contributed by atoms with Gasteiger partial charge in [0.25, 0.3) is 0 Å². The van der Waals surface area contributed by atoms with Crippen molar-refractivity contribution in [2.75, 3.05) is 14.2 Å². The fraction of sp³-hybridized carbons (Fsp3) is 0.500. The SMILES string of the molecule is COC(=O)c1cc(OC)c(OC(F)C(C)C(F)F)cn1. The number of methoxy groups -OCH3 is 2. The highest BCUT2D eigenvalue weighted by atomic mass is 19.3. The monoisotopic (exact) mass is 293 g/mol. The zero-order chi connectivity index (χ0) is 15.3. The van der Waals surface area contributed by atoms with E-state index in [1.807, 2.05) is 0 Å². The Labute approximate surface area is 113 Å². The van der Waals surface area contributed by atoms with Crippen molar-refractivity contribution in [1.29, 1.82) is 0 Å². The van der Waals surface area contributed by atoms with E-state index in [1.54, 1.807) is 0 Å². The number of hydrogen-bond donors (Lipinski definition) is 0. The quantitative estimate of drug-likeness (QED) is 0.754. The molecule has 0 aliphatic heterocycles. The van der Waals surface area contributed by atoms with E-state index in [9.17, 15) is 18.0 Å². The van der Waals surface area contributed by atoms with Gasteiger partial charge in [-0.25, -0.2) is 22.9 Å². The second kappa shape index (κ2) is 6.97. The van der Waals surface area contributed by atoms with Crippen molar-refractivity contribution in [3.63, 3.8) is 0 Å². The fourth-order valence-corrected chi connectivity index (χ4v) is 1.23. The first kappa shape index (κ1) is 16.1. The molecule has 0 aromatic carbocycles. The molecule has 1 heterocycles. The van der Waals surface area contributed by atoms with Gasteiger partial charge >= 0.3 is 5.97 Å². The predicted molar refractivity (Wildman–Crippen MR) is 62.8 cm³/mol. The van der Waals surface area contributed by atoms with Crippen LogP contribution in [-0.4, -0.2) is 38.0 Å². The van der Waals surface area contributed by atoms with E-state index in [4.69, 9.17) is 9.47 Å². The summed E-state index contributed by atoms with van der Waals surface area (Å²) in [7, 11) is 2.43. The molecule has 1 aromatic heterocycles. The van der Waals surface area contributed by atoms with E-state index in [1.165, 1.54) is 20.3 Å². The maximum absolute atomic E-state index is 13.5. The van der Waals surface area contributed by atoms with Gasteiger partial charge in [0, 0.05) is 6.07 Å². The minimum atomic E-state index is -2.86. The van der Waals surface area contributed by atoms with Crippen LogP contribution in [0.25, 0.3) is 0 Å². The molecule has 2 unspecified atom stereocenters. The van der Waals surface area contributed by atoms with Crippen LogP contribution in [0, 0.1) is 5.92 Å². The fourth-order valence-electron chi connectivity index (χ4n) is 1.23. The minimum Gasteiger partial charge on any atom is -0.493 e. The summed E-state index contributed by atoms with van der Waals surface area (Å²) in [6, 6.07) is 1.17. The van der Waals surface area contributed by atoms with Crippen LogP contribution in [-0.2, 0) is 4.74 Å². The van der Waals surface area contributed by atoms with Crippen molar-refractivity contribution in [2.45, 2.75) is 19.7 Å². The number of hydrogen-bond acceptors (Lipinski definition) is 5. The Morgan fingerprint density at radius 1 is 1.25 bits per heavy atom. The Morgan fingerprint density at radius 2 is 1.90 bits per heavy atom. The standard InChI is InChI=1S/C12H14F3NO4/c1-6(10(13)14)11(15)20-9-5-16-7(12(17)19-3)4-8(9)18-2/h4-6,10-11H,1-3H3. The maximum Gasteiger partial charge on any atom is 0.356 e. The van der Waals surface area contributed by atoms with E-state index < -0.39 is 24.7 Å². The van der Waals surface area contributed by atoms with Gasteiger partial charge in [-0.1, -0.05) is 6.92 Å². The molecular weight excluding hydrogens is 279 g/mol. The van der Waals surface area contributed by atoms with Crippen LogP contribution >= 0.6 is 0 Å². The third kappa shape index (κ3) is 3.75. The molecule has 0 spiro atoms. The number of pyridine rings is 1. The molecule has 0 radical (unpaired) electrons. The van der Waals surface area contributed by atoms with Crippen LogP contribution in [0.15, 0.2) is 12.3 Å². The van der Waals surface area contributed by atoms with Crippen LogP contribution < -0.4 is 9.47 Å². The molecule has 2 atom stereocenters. The van der Waals surface area contributed by atoms with E-state index in [-0.39, 0.29) is 17.2 Å². The lowest BCUT2D eigenvalue weighted by Gasteiger charge is -2.18. The van der Waals surface area contributed by atoms with Gasteiger partial charge in [-0.2, -0.15) is 0 Å². The Kier molecular flexibility index (Phi) is 5.60. The van der Waals surface area contributed by atoms with Gasteiger partial charge in [-0.3, -0.25) is 0 Å². The first-order valence-corrected chi connectivity index (χ1v) is 5.62. The van der Waals surface area contributed by atoms with Gasteiger partial charge in [-0.05, 0) is 0 Å². The normalized spacial score (nSPS) is 13.8. The number of halogens is 3. The molecule has 5 nitrogen and oxygen atoms in total. The Balaban J connectivity index is 2.93. The highest BCUT2D eigenvalue weighted by molar-refractivity contribution is 5.87. The highest BCUT2D eigenvalue weighted by Crippen LogP contribution is 2.30. The van der Waals surface area contributed by atoms with Gasteiger partial charge in [-0.15, -0.1) is 0 Å². The van der Waals surface area contributed by atoms with E-state index >= 15 is 0 Å². The minimum absolute atomic E-state index is 0.00971. The van der Waals surface area contributed by atoms with Crippen LogP contribution in [0.5, 0.6) is 11.5 Å². The summed E-state index contributed by atoms with van der Waals surface area (Å²) in [5.41, 5.74) is -0.0750. The second-order valence-electron chi connectivity index (χ2n) is 3.87. The van der Waals surface area contributed by atoms with Crippen molar-refractivity contribution in [3.8, 4) is 11.5 Å². The molecule has 8 heteroatoms. The summed E-state index contributed by atoms with van der Waals surface area (Å²) >= 11 is 0. The molecule has 0 aliphatic rings. The molecule has 0 saturated heterocycles. The van der Waals surface area contributed by atoms with Gasteiger partial charge in [0.15, 0.2) is 17.2 Å². The number of ether oxygens (including phenoxy) is 3. The molecule has 1 rings (SSSR count). The Bertz CT molecular complexity index is 470. The first-order valence-electron chi connectivity index (χ1n) is 5.62. The summed E-state index contributed by atoms with van der Waals surface area (Å²) in [6.45, 7) is 1.01. The van der Waals surface area contributed by atoms with E-state index in [0.29, 0.717) is 0 Å². The van der Waals surface area contributed by atoms with Gasteiger partial charge in [0.2, 0.25) is 12.8 Å². The van der Waals surface area contributed by atoms with E-state index in [2.05, 4.69) is 9.72 Å². The summed E-state index contributed by atoms with van der Waals surface area (Å²) in [6.07, 6.45) is -4.08. The topological polar surface area (TPSA) is 57.7 Å². The summed E-state index contributed by atoms with van der Waals surface area (Å²) in [4.78, 5) is 14.9. The van der Waals surface area contributed by atoms with Crippen molar-refractivity contribution in [3.05, 3.63) is 18.0 Å². The van der Waals surface area contributed by atoms with Gasteiger partial charge < -0.3 is 14.2 Å². The van der Waals surface area contributed by atoms with Crippen molar-refractivity contribution >= 4 is 5.97 Å². The number of alkyl halides is 3. The molecule has 0 amide bonds. The van der Waals surface area contributed by atoms with Crippen LogP contribution in [0.3, 0.4) is 0 Å². The molecule has 20 heavy (non-hydrogen) atoms. The third-order valence-electron chi connectivity index (χ3n) is 2.50. The smallest absolute Gasteiger partial charge is 0.356 e. The van der Waals surface area contributed by atoms with Crippen LogP contribution in [0.2, 0.25) is 0 Å². The zero-order valence-electron chi connectivity index (χ0n) is 11.1. The molecule has 1 aromatic rings. The highest BCUT2D eigenvalue weighted by Gasteiger charge is 2.28. The molecule has 0 bridgehead atoms. The van der Waals surface area contributed by atoms with Crippen LogP contribution in [0.4, 0.5) is 13.2 Å². The van der Waals surface area contributed by atoms with Crippen LogP contribution in [0.1, 0.15) is 17.4 Å². The second-order valence-corrected chi connectivity index (χ2v) is 3.87. The molecule has 0 saturated carbocycles. The number of esters is 1. The predicted octanol–water partition coefficient (Wildman–Crippen LogP) is 2.45. The van der Waals surface area contributed by atoms with Crippen molar-refractivity contribution < 1.29 is 32.2 Å². The largest absolute Gasteiger partial charge is 0.493 e. The molecule has 0 N–H and O–H groups in total. The summed E-state index contributed by atoms with van der Waals surface area (Å²) in [5.74, 6) is -2.52. The summed E-state index contributed by atoms with van der Waals surface area (Å²) < 4.78 is 52.3. The maximum atomic E-state index is 13.5. The van der Waals surface area contributed by atoms with Crippen molar-refractivity contribution in [1.82, 2.24) is 4.98 Å². The number of rotatable bonds is 6. The molecule has 0 fully saturated rings. The lowest BCUT2D eigenvalue weighted by atomic mass is 10.2. The lowest BCUT2D eigenvalue weighted by molar-refractivity contribution is -0.0525. The number of carbonyl (C=O) groups is 1. The third-order valence-corrected chi connectivity index (χ3v) is 2.50.